The fourth-order valence-corrected chi connectivity index (χ4v) is 1.53. The van der Waals surface area contributed by atoms with Crippen LogP contribution in [-0.2, 0) is 41.8 Å². The van der Waals surface area contributed by atoms with Crippen LogP contribution in [0.25, 0.3) is 0 Å². The summed E-state index contributed by atoms with van der Waals surface area (Å²) in [5, 5.41) is 5.01. The van der Waals surface area contributed by atoms with Crippen LogP contribution in [0, 0.1) is 6.92 Å². The SMILES string of the molecule is [CH2-]C(O)(P(=O)(O)O)P(=O)(O)O.[Y]. The molecular formula is C2H7O7P2Y-. The summed E-state index contributed by atoms with van der Waals surface area (Å²) < 4.78 is 20.4. The summed E-state index contributed by atoms with van der Waals surface area (Å²) in [5.74, 6) is 0. The minimum atomic E-state index is -5.31. The Morgan fingerprint density at radius 3 is 1.17 bits per heavy atom. The van der Waals surface area contributed by atoms with E-state index in [1.165, 1.54) is 0 Å². The first-order valence-electron chi connectivity index (χ1n) is 2.19. The molecule has 0 aromatic rings. The van der Waals surface area contributed by atoms with Crippen LogP contribution in [0.4, 0.5) is 0 Å². The van der Waals surface area contributed by atoms with Crippen molar-refractivity contribution in [1.82, 2.24) is 0 Å². The fourth-order valence-electron chi connectivity index (χ4n) is 0.170. The van der Waals surface area contributed by atoms with Gasteiger partial charge in [-0.2, -0.15) is 0 Å². The van der Waals surface area contributed by atoms with Crippen LogP contribution in [-0.4, -0.2) is 29.8 Å². The molecule has 0 saturated carbocycles. The molecule has 0 aliphatic carbocycles. The van der Waals surface area contributed by atoms with E-state index in [0.717, 1.165) is 0 Å². The summed E-state index contributed by atoms with van der Waals surface area (Å²) in [6.07, 6.45) is 0. The van der Waals surface area contributed by atoms with E-state index >= 15 is 0 Å². The second-order valence-electron chi connectivity index (χ2n) is 1.86. The van der Waals surface area contributed by atoms with Gasteiger partial charge in [-0.15, -0.1) is 0 Å². The summed E-state index contributed by atoms with van der Waals surface area (Å²) >= 11 is 0. The molecule has 0 amide bonds. The van der Waals surface area contributed by atoms with Gasteiger partial charge < -0.3 is 24.7 Å². The van der Waals surface area contributed by atoms with Gasteiger partial charge in [-0.25, -0.2) is 0 Å². The van der Waals surface area contributed by atoms with Crippen LogP contribution < -0.4 is 0 Å². The molecule has 5 N–H and O–H groups in total. The summed E-state index contributed by atoms with van der Waals surface area (Å²) in [6.45, 7) is 2.34. The molecule has 0 spiro atoms. The molecule has 0 aromatic heterocycles. The second kappa shape index (κ2) is 4.26. The van der Waals surface area contributed by atoms with E-state index in [1.54, 1.807) is 0 Å². The Morgan fingerprint density at radius 2 is 1.17 bits per heavy atom. The smallest absolute Gasteiger partial charge is 0.338 e. The summed E-state index contributed by atoms with van der Waals surface area (Å²) in [4.78, 5) is 32.7. The minimum absolute atomic E-state index is 0. The van der Waals surface area contributed by atoms with Crippen molar-refractivity contribution in [3.8, 4) is 0 Å². The quantitative estimate of drug-likeness (QED) is 0.319. The van der Waals surface area contributed by atoms with Crippen molar-refractivity contribution in [2.75, 3.05) is 0 Å². The first-order chi connectivity index (χ1) is 4.50. The third kappa shape index (κ3) is 3.26. The molecule has 1 radical (unpaired) electrons. The van der Waals surface area contributed by atoms with E-state index in [0.29, 0.717) is 0 Å². The molecule has 10 heteroatoms. The molecule has 71 valence electrons. The van der Waals surface area contributed by atoms with Crippen LogP contribution in [0.1, 0.15) is 0 Å². The van der Waals surface area contributed by atoms with Crippen molar-refractivity contribution in [2.45, 2.75) is 5.08 Å². The van der Waals surface area contributed by atoms with Gasteiger partial charge in [-0.05, 0) is 0 Å². The molecule has 0 aliphatic rings. The number of hydrogen-bond acceptors (Lipinski definition) is 3. The third-order valence-corrected chi connectivity index (χ3v) is 4.36. The number of aliphatic hydroxyl groups is 1. The summed E-state index contributed by atoms with van der Waals surface area (Å²) in [5.41, 5.74) is 0. The largest absolute Gasteiger partial charge is 0.397 e. The zero-order chi connectivity index (χ0) is 9.50. The van der Waals surface area contributed by atoms with Gasteiger partial charge in [0.1, 0.15) is 5.08 Å². The van der Waals surface area contributed by atoms with Crippen LogP contribution in [0.5, 0.6) is 0 Å². The average Bonchev–Trinajstić information content (AvgIpc) is 1.58. The first kappa shape index (κ1) is 15.8. The monoisotopic (exact) mass is 294 g/mol. The summed E-state index contributed by atoms with van der Waals surface area (Å²) in [6, 6.07) is 0. The number of hydrogen-bond donors (Lipinski definition) is 5. The summed E-state index contributed by atoms with van der Waals surface area (Å²) in [7, 11) is -10.6. The van der Waals surface area contributed by atoms with E-state index in [1.807, 2.05) is 0 Å². The van der Waals surface area contributed by atoms with E-state index < -0.39 is 20.3 Å². The zero-order valence-corrected chi connectivity index (χ0v) is 10.4. The molecule has 7 nitrogen and oxygen atoms in total. The molecule has 0 rings (SSSR count). The van der Waals surface area contributed by atoms with Gasteiger partial charge in [0.15, 0.2) is 0 Å². The normalized spacial score (nSPS) is 13.8. The molecule has 0 unspecified atom stereocenters. The maximum atomic E-state index is 10.2. The molecule has 0 atom stereocenters. The van der Waals surface area contributed by atoms with Gasteiger partial charge in [-0.3, -0.25) is 16.1 Å². The molecule has 0 aromatic carbocycles. The van der Waals surface area contributed by atoms with E-state index in [4.69, 9.17) is 24.7 Å². The maximum absolute atomic E-state index is 10.2. The standard InChI is InChI=1S/C2H7O7P2.Y/c1-2(3,10(4,5)6)11(7,8)9;/h3H,1H2,(H2,4,5,6)(H2,7,8,9);/q-1;. The Balaban J connectivity index is 0. The topological polar surface area (TPSA) is 135 Å². The average molecular weight is 294 g/mol. The van der Waals surface area contributed by atoms with Gasteiger partial charge in [0.05, 0.1) is 0 Å². The van der Waals surface area contributed by atoms with Gasteiger partial charge in [0, 0.05) is 32.7 Å². The first-order valence-corrected chi connectivity index (χ1v) is 5.41. The predicted octanol–water partition coefficient (Wildman–Crippen LogP) is -1.18. The molecule has 0 bridgehead atoms. The van der Waals surface area contributed by atoms with Crippen molar-refractivity contribution in [2.24, 2.45) is 0 Å². The van der Waals surface area contributed by atoms with Gasteiger partial charge in [0.25, 0.3) is 0 Å². The van der Waals surface area contributed by atoms with Crippen LogP contribution in [0.3, 0.4) is 0 Å². The molecule has 0 fully saturated rings. The van der Waals surface area contributed by atoms with Gasteiger partial charge in [0.2, 0.25) is 0 Å². The fraction of sp³-hybridized carbons (Fsp3) is 0.500. The minimum Gasteiger partial charge on any atom is -0.397 e. The van der Waals surface area contributed by atoms with Crippen molar-refractivity contribution in [3.05, 3.63) is 6.92 Å². The molecule has 0 aliphatic heterocycles. The van der Waals surface area contributed by atoms with Crippen molar-refractivity contribution < 1.29 is 66.5 Å². The zero-order valence-electron chi connectivity index (χ0n) is 5.73. The molecular weight excluding hydrogens is 287 g/mol. The van der Waals surface area contributed by atoms with Gasteiger partial charge in [-0.1, -0.05) is 0 Å². The van der Waals surface area contributed by atoms with Crippen LogP contribution >= 0.6 is 15.2 Å². The second-order valence-corrected chi connectivity index (χ2v) is 5.87. The van der Waals surface area contributed by atoms with E-state index in [-0.39, 0.29) is 32.7 Å². The van der Waals surface area contributed by atoms with E-state index in [2.05, 4.69) is 6.92 Å². The Morgan fingerprint density at radius 1 is 1.00 bits per heavy atom. The third-order valence-electron chi connectivity index (χ3n) is 0.933. The van der Waals surface area contributed by atoms with Crippen molar-refractivity contribution in [3.63, 3.8) is 0 Å². The Bertz CT molecular complexity index is 212. The van der Waals surface area contributed by atoms with Crippen LogP contribution in [0.2, 0.25) is 0 Å². The van der Waals surface area contributed by atoms with Crippen molar-refractivity contribution in [1.29, 1.82) is 0 Å². The van der Waals surface area contributed by atoms with Crippen molar-refractivity contribution >= 4 is 15.2 Å². The Hall–Kier alpha value is 1.36. The molecule has 0 heterocycles. The van der Waals surface area contributed by atoms with Gasteiger partial charge >= 0.3 is 15.2 Å². The molecule has 12 heavy (non-hydrogen) atoms. The number of rotatable bonds is 2. The maximum Gasteiger partial charge on any atom is 0.338 e. The Kier molecular flexibility index (Phi) is 5.61. The Labute approximate surface area is 93.4 Å². The molecule has 0 saturated heterocycles. The predicted molar refractivity (Wildman–Crippen MR) is 34.4 cm³/mol. The van der Waals surface area contributed by atoms with Crippen LogP contribution in [0.15, 0.2) is 0 Å². The van der Waals surface area contributed by atoms with E-state index in [9.17, 15) is 9.13 Å².